The van der Waals surface area contributed by atoms with Gasteiger partial charge in [0, 0.05) is 38.2 Å². The fraction of sp³-hybridized carbons (Fsp3) is 0.278. The molecule has 0 radical (unpaired) electrons. The van der Waals surface area contributed by atoms with Crippen LogP contribution in [0.4, 0.5) is 6.01 Å². The van der Waals surface area contributed by atoms with Crippen LogP contribution in [0.5, 0.6) is 5.75 Å². The Morgan fingerprint density at radius 2 is 2.04 bits per heavy atom. The van der Waals surface area contributed by atoms with Crippen LogP contribution in [0.3, 0.4) is 0 Å². The Kier molecular flexibility index (Phi) is 3.97. The number of carbonyl (C=O) groups excluding carboxylic acids is 1. The average Bonchev–Trinajstić information content (AvgIpc) is 3.07. The lowest BCUT2D eigenvalue weighted by Crippen LogP contribution is -2.38. The van der Waals surface area contributed by atoms with E-state index >= 15 is 0 Å². The van der Waals surface area contributed by atoms with E-state index in [-0.39, 0.29) is 11.8 Å². The molecule has 1 aliphatic rings. The SMILES string of the molecule is NC(=O)c1cc(OC2CCN(c3nc4ccccc4o3)CC2)ccn1. The van der Waals surface area contributed by atoms with Gasteiger partial charge in [0.05, 0.1) is 0 Å². The molecule has 2 N–H and O–H groups in total. The van der Waals surface area contributed by atoms with E-state index in [4.69, 9.17) is 14.9 Å². The summed E-state index contributed by atoms with van der Waals surface area (Å²) in [6, 6.07) is 11.7. The zero-order valence-electron chi connectivity index (χ0n) is 13.6. The number of carbonyl (C=O) groups is 1. The van der Waals surface area contributed by atoms with Gasteiger partial charge in [-0.05, 0) is 18.2 Å². The molecule has 2 aromatic heterocycles. The largest absolute Gasteiger partial charge is 0.490 e. The molecule has 0 aliphatic carbocycles. The molecule has 3 aromatic rings. The van der Waals surface area contributed by atoms with Crippen LogP contribution in [-0.4, -0.2) is 35.1 Å². The second kappa shape index (κ2) is 6.43. The first-order valence-electron chi connectivity index (χ1n) is 8.22. The molecule has 1 aliphatic heterocycles. The van der Waals surface area contributed by atoms with Gasteiger partial charge in [-0.25, -0.2) is 0 Å². The molecule has 7 nitrogen and oxygen atoms in total. The van der Waals surface area contributed by atoms with Gasteiger partial charge in [0.15, 0.2) is 5.58 Å². The third-order valence-corrected chi connectivity index (χ3v) is 4.28. The van der Waals surface area contributed by atoms with E-state index in [2.05, 4.69) is 14.9 Å². The number of benzene rings is 1. The van der Waals surface area contributed by atoms with Gasteiger partial charge in [-0.3, -0.25) is 9.78 Å². The third-order valence-electron chi connectivity index (χ3n) is 4.28. The second-order valence-corrected chi connectivity index (χ2v) is 6.01. The summed E-state index contributed by atoms with van der Waals surface area (Å²) >= 11 is 0. The van der Waals surface area contributed by atoms with E-state index in [1.165, 1.54) is 6.20 Å². The summed E-state index contributed by atoms with van der Waals surface area (Å²) in [4.78, 5) is 21.8. The summed E-state index contributed by atoms with van der Waals surface area (Å²) < 4.78 is 11.8. The predicted molar refractivity (Wildman–Crippen MR) is 92.6 cm³/mol. The van der Waals surface area contributed by atoms with Gasteiger partial charge in [0.1, 0.15) is 23.1 Å². The summed E-state index contributed by atoms with van der Waals surface area (Å²) in [6.07, 6.45) is 3.28. The van der Waals surface area contributed by atoms with Crippen molar-refractivity contribution in [3.8, 4) is 5.75 Å². The van der Waals surface area contributed by atoms with Gasteiger partial charge in [-0.1, -0.05) is 12.1 Å². The lowest BCUT2D eigenvalue weighted by Gasteiger charge is -2.31. The second-order valence-electron chi connectivity index (χ2n) is 6.01. The molecule has 1 amide bonds. The summed E-state index contributed by atoms with van der Waals surface area (Å²) in [5.74, 6) is 0.0559. The highest BCUT2D eigenvalue weighted by Crippen LogP contribution is 2.26. The van der Waals surface area contributed by atoms with Crippen LogP contribution in [-0.2, 0) is 0 Å². The van der Waals surface area contributed by atoms with Crippen molar-refractivity contribution in [2.75, 3.05) is 18.0 Å². The molecule has 7 heteroatoms. The molecule has 0 unspecified atom stereocenters. The Bertz CT molecular complexity index is 867. The van der Waals surface area contributed by atoms with Crippen LogP contribution in [0.2, 0.25) is 0 Å². The molecular weight excluding hydrogens is 320 g/mol. The van der Waals surface area contributed by atoms with E-state index in [9.17, 15) is 4.79 Å². The van der Waals surface area contributed by atoms with Gasteiger partial charge in [0.2, 0.25) is 0 Å². The topological polar surface area (TPSA) is 94.5 Å². The van der Waals surface area contributed by atoms with Crippen molar-refractivity contribution in [2.45, 2.75) is 18.9 Å². The molecule has 0 atom stereocenters. The fourth-order valence-electron chi connectivity index (χ4n) is 2.97. The molecule has 0 saturated carbocycles. The van der Waals surface area contributed by atoms with Crippen molar-refractivity contribution < 1.29 is 13.9 Å². The number of amides is 1. The van der Waals surface area contributed by atoms with Crippen molar-refractivity contribution in [1.82, 2.24) is 9.97 Å². The van der Waals surface area contributed by atoms with E-state index in [0.717, 1.165) is 37.0 Å². The fourth-order valence-corrected chi connectivity index (χ4v) is 2.97. The Morgan fingerprint density at radius 3 is 2.80 bits per heavy atom. The molecule has 1 fully saturated rings. The summed E-state index contributed by atoms with van der Waals surface area (Å²) in [6.45, 7) is 1.59. The van der Waals surface area contributed by atoms with E-state index in [1.54, 1.807) is 12.1 Å². The van der Waals surface area contributed by atoms with Crippen molar-refractivity contribution >= 4 is 23.0 Å². The maximum absolute atomic E-state index is 11.2. The zero-order valence-corrected chi connectivity index (χ0v) is 13.6. The lowest BCUT2D eigenvalue weighted by atomic mass is 10.1. The Balaban J connectivity index is 1.39. The maximum Gasteiger partial charge on any atom is 0.298 e. The molecule has 0 bridgehead atoms. The van der Waals surface area contributed by atoms with Crippen LogP contribution in [0.1, 0.15) is 23.3 Å². The standard InChI is InChI=1S/C18H18N4O3/c19-17(23)15-11-13(5-8-20-15)24-12-6-9-22(10-7-12)18-21-14-3-1-2-4-16(14)25-18/h1-5,8,11-12H,6-7,9-10H2,(H2,19,23). The maximum atomic E-state index is 11.2. The van der Waals surface area contributed by atoms with E-state index in [1.807, 2.05) is 24.3 Å². The smallest absolute Gasteiger partial charge is 0.298 e. The number of oxazole rings is 1. The minimum Gasteiger partial charge on any atom is -0.490 e. The number of hydrogen-bond acceptors (Lipinski definition) is 6. The number of nitrogens with zero attached hydrogens (tertiary/aromatic N) is 3. The highest BCUT2D eigenvalue weighted by atomic mass is 16.5. The van der Waals surface area contributed by atoms with Gasteiger partial charge in [-0.2, -0.15) is 4.98 Å². The summed E-state index contributed by atoms with van der Waals surface area (Å²) in [7, 11) is 0. The zero-order chi connectivity index (χ0) is 17.2. The number of hydrogen-bond donors (Lipinski definition) is 1. The van der Waals surface area contributed by atoms with Crippen LogP contribution >= 0.6 is 0 Å². The van der Waals surface area contributed by atoms with Gasteiger partial charge >= 0.3 is 0 Å². The van der Waals surface area contributed by atoms with Crippen molar-refractivity contribution in [1.29, 1.82) is 0 Å². The Morgan fingerprint density at radius 1 is 1.24 bits per heavy atom. The number of rotatable bonds is 4. The molecule has 4 rings (SSSR count). The third kappa shape index (κ3) is 3.26. The first kappa shape index (κ1) is 15.4. The molecule has 25 heavy (non-hydrogen) atoms. The van der Waals surface area contributed by atoms with Crippen LogP contribution < -0.4 is 15.4 Å². The quantitative estimate of drug-likeness (QED) is 0.785. The first-order valence-corrected chi connectivity index (χ1v) is 8.22. The van der Waals surface area contributed by atoms with E-state index in [0.29, 0.717) is 11.8 Å². The van der Waals surface area contributed by atoms with Gasteiger partial charge in [0.25, 0.3) is 11.9 Å². The normalized spacial score (nSPS) is 15.4. The molecule has 1 aromatic carbocycles. The molecule has 3 heterocycles. The van der Waals surface area contributed by atoms with Crippen molar-refractivity contribution in [3.05, 3.63) is 48.3 Å². The van der Waals surface area contributed by atoms with Crippen LogP contribution in [0.25, 0.3) is 11.1 Å². The number of piperidine rings is 1. The average molecular weight is 338 g/mol. The van der Waals surface area contributed by atoms with Gasteiger partial charge in [-0.15, -0.1) is 0 Å². The van der Waals surface area contributed by atoms with Crippen LogP contribution in [0.15, 0.2) is 47.0 Å². The summed E-state index contributed by atoms with van der Waals surface area (Å²) in [5.41, 5.74) is 7.12. The van der Waals surface area contributed by atoms with Crippen molar-refractivity contribution in [3.63, 3.8) is 0 Å². The van der Waals surface area contributed by atoms with Crippen LogP contribution in [0, 0.1) is 0 Å². The molecular formula is C18H18N4O3. The minimum atomic E-state index is -0.559. The summed E-state index contributed by atoms with van der Waals surface area (Å²) in [5, 5.41) is 0. The number of pyridine rings is 1. The Hall–Kier alpha value is -3.09. The first-order chi connectivity index (χ1) is 12.2. The molecule has 128 valence electrons. The van der Waals surface area contributed by atoms with Gasteiger partial charge < -0.3 is 19.8 Å². The number of ether oxygens (including phenoxy) is 1. The number of para-hydroxylation sites is 2. The van der Waals surface area contributed by atoms with Crippen molar-refractivity contribution in [2.24, 2.45) is 5.73 Å². The minimum absolute atomic E-state index is 0.0729. The number of nitrogens with two attached hydrogens (primary N) is 1. The number of primary amides is 1. The highest BCUT2D eigenvalue weighted by Gasteiger charge is 2.24. The number of fused-ring (bicyclic) bond motifs is 1. The van der Waals surface area contributed by atoms with E-state index < -0.39 is 5.91 Å². The molecule has 1 saturated heterocycles. The predicted octanol–water partition coefficient (Wildman–Crippen LogP) is 2.37. The Labute approximate surface area is 144 Å². The lowest BCUT2D eigenvalue weighted by molar-refractivity contribution is 0.0994. The number of anilines is 1. The molecule has 0 spiro atoms. The highest BCUT2D eigenvalue weighted by molar-refractivity contribution is 5.91. The monoisotopic (exact) mass is 338 g/mol. The number of aromatic nitrogens is 2.